The SMILES string of the molecule is CC1CCC2C(c3ccc(F)cc3)[C@@H](O[C@H](C)c3cc(C(F)(F)F)cc(C(F)(F)F)c3)CN2C1=O. The third-order valence-electron chi connectivity index (χ3n) is 6.91. The number of nitrogens with zero attached hydrogens (tertiary/aromatic N) is 1. The summed E-state index contributed by atoms with van der Waals surface area (Å²) in [7, 11) is 0. The van der Waals surface area contributed by atoms with Crippen LogP contribution in [-0.4, -0.2) is 29.5 Å². The smallest absolute Gasteiger partial charge is 0.368 e. The number of rotatable bonds is 4. The molecule has 190 valence electrons. The van der Waals surface area contributed by atoms with Crippen molar-refractivity contribution in [2.75, 3.05) is 6.54 Å². The molecule has 1 amide bonds. The maximum atomic E-state index is 13.5. The molecule has 0 bridgehead atoms. The first kappa shape index (κ1) is 25.5. The normalized spacial score (nSPS) is 26.1. The number of benzene rings is 2. The number of hydrogen-bond donors (Lipinski definition) is 0. The van der Waals surface area contributed by atoms with Crippen molar-refractivity contribution < 1.29 is 40.3 Å². The molecule has 35 heavy (non-hydrogen) atoms. The molecule has 2 aliphatic rings. The zero-order valence-electron chi connectivity index (χ0n) is 19.0. The summed E-state index contributed by atoms with van der Waals surface area (Å²) >= 11 is 0. The van der Waals surface area contributed by atoms with E-state index in [9.17, 15) is 35.5 Å². The number of piperidine rings is 1. The second kappa shape index (κ2) is 9.11. The van der Waals surface area contributed by atoms with Crippen molar-refractivity contribution in [2.45, 2.75) is 63.2 Å². The Morgan fingerprint density at radius 1 is 0.943 bits per heavy atom. The molecule has 0 aliphatic carbocycles. The molecule has 5 atom stereocenters. The summed E-state index contributed by atoms with van der Waals surface area (Å²) in [4.78, 5) is 14.5. The van der Waals surface area contributed by atoms with Crippen molar-refractivity contribution in [1.82, 2.24) is 4.90 Å². The van der Waals surface area contributed by atoms with E-state index in [2.05, 4.69) is 0 Å². The number of fused-ring (bicyclic) bond motifs is 1. The lowest BCUT2D eigenvalue weighted by Crippen LogP contribution is -2.44. The number of carbonyl (C=O) groups is 1. The van der Waals surface area contributed by atoms with Gasteiger partial charge in [-0.05, 0) is 61.2 Å². The number of alkyl halides is 6. The summed E-state index contributed by atoms with van der Waals surface area (Å²) in [6, 6.07) is 6.81. The van der Waals surface area contributed by atoms with E-state index >= 15 is 0 Å². The predicted octanol–water partition coefficient (Wildman–Crippen LogP) is 6.73. The van der Waals surface area contributed by atoms with E-state index < -0.39 is 47.4 Å². The van der Waals surface area contributed by atoms with Crippen molar-refractivity contribution >= 4 is 5.91 Å². The molecule has 0 N–H and O–H groups in total. The van der Waals surface area contributed by atoms with Crippen LogP contribution in [-0.2, 0) is 21.9 Å². The molecular formula is C25H24F7NO2. The van der Waals surface area contributed by atoms with E-state index in [-0.39, 0.29) is 36.0 Å². The second-order valence-corrected chi connectivity index (χ2v) is 9.27. The van der Waals surface area contributed by atoms with Gasteiger partial charge in [0.05, 0.1) is 23.3 Å². The molecule has 2 aromatic carbocycles. The first-order chi connectivity index (χ1) is 16.3. The number of halogens is 7. The van der Waals surface area contributed by atoms with E-state index in [1.54, 1.807) is 17.0 Å². The lowest BCUT2D eigenvalue weighted by atomic mass is 9.83. The van der Waals surface area contributed by atoms with Gasteiger partial charge < -0.3 is 9.64 Å². The Bertz CT molecular complexity index is 1050. The van der Waals surface area contributed by atoms with Crippen LogP contribution in [0.4, 0.5) is 30.7 Å². The van der Waals surface area contributed by atoms with Gasteiger partial charge in [0.1, 0.15) is 5.82 Å². The van der Waals surface area contributed by atoms with E-state index in [0.717, 1.165) is 0 Å². The van der Waals surface area contributed by atoms with Crippen molar-refractivity contribution in [2.24, 2.45) is 5.92 Å². The minimum absolute atomic E-state index is 0.0768. The summed E-state index contributed by atoms with van der Waals surface area (Å²) < 4.78 is 99.5. The molecule has 4 rings (SSSR count). The first-order valence-corrected chi connectivity index (χ1v) is 11.3. The molecule has 0 saturated carbocycles. The summed E-state index contributed by atoms with van der Waals surface area (Å²) in [5, 5.41) is 0. The largest absolute Gasteiger partial charge is 0.416 e. The topological polar surface area (TPSA) is 29.5 Å². The summed E-state index contributed by atoms with van der Waals surface area (Å²) in [5.41, 5.74) is -2.41. The molecule has 2 saturated heterocycles. The molecule has 2 aliphatic heterocycles. The zero-order valence-corrected chi connectivity index (χ0v) is 19.0. The summed E-state index contributed by atoms with van der Waals surface area (Å²) in [6.07, 6.45) is -10.5. The average Bonchev–Trinajstić information content (AvgIpc) is 3.14. The summed E-state index contributed by atoms with van der Waals surface area (Å²) in [6.45, 7) is 3.34. The summed E-state index contributed by atoms with van der Waals surface area (Å²) in [5.74, 6) is -1.13. The zero-order chi connectivity index (χ0) is 25.7. The van der Waals surface area contributed by atoms with Crippen molar-refractivity contribution in [3.05, 3.63) is 70.5 Å². The van der Waals surface area contributed by atoms with Crippen LogP contribution in [0.5, 0.6) is 0 Å². The van der Waals surface area contributed by atoms with Gasteiger partial charge in [0.25, 0.3) is 0 Å². The third-order valence-corrected chi connectivity index (χ3v) is 6.91. The Morgan fingerprint density at radius 2 is 1.51 bits per heavy atom. The molecule has 2 aromatic rings. The molecular weight excluding hydrogens is 479 g/mol. The van der Waals surface area contributed by atoms with Gasteiger partial charge in [-0.25, -0.2) is 4.39 Å². The highest BCUT2D eigenvalue weighted by atomic mass is 19.4. The number of amides is 1. The number of hydrogen-bond acceptors (Lipinski definition) is 2. The van der Waals surface area contributed by atoms with Crippen molar-refractivity contribution in [3.8, 4) is 0 Å². The Morgan fingerprint density at radius 3 is 2.06 bits per heavy atom. The van der Waals surface area contributed by atoms with Gasteiger partial charge in [-0.15, -0.1) is 0 Å². The van der Waals surface area contributed by atoms with Gasteiger partial charge in [-0.2, -0.15) is 26.3 Å². The van der Waals surface area contributed by atoms with Crippen LogP contribution in [0, 0.1) is 11.7 Å². The minimum Gasteiger partial charge on any atom is -0.368 e. The van der Waals surface area contributed by atoms with E-state index in [1.807, 2.05) is 6.92 Å². The highest BCUT2D eigenvalue weighted by Crippen LogP contribution is 2.44. The maximum Gasteiger partial charge on any atom is 0.416 e. The standard InChI is InChI=1S/C25H24F7NO2/c1-13-3-8-20-22(15-4-6-19(26)7-5-15)21(12-33(20)23(13)34)35-14(2)16-9-17(24(27,28)29)11-18(10-16)25(30,31)32/h4-7,9-11,13-14,20-22H,3,8,12H2,1-2H3/t13?,14-,20?,21+,22?/m1/s1. The van der Waals surface area contributed by atoms with Crippen LogP contribution in [0.2, 0.25) is 0 Å². The Balaban J connectivity index is 1.68. The molecule has 2 fully saturated rings. The van der Waals surface area contributed by atoms with Gasteiger partial charge in [0.15, 0.2) is 0 Å². The van der Waals surface area contributed by atoms with Crippen LogP contribution < -0.4 is 0 Å². The van der Waals surface area contributed by atoms with Crippen LogP contribution in [0.1, 0.15) is 61.0 Å². The quantitative estimate of drug-likeness (QED) is 0.433. The van der Waals surface area contributed by atoms with Crippen molar-refractivity contribution in [3.63, 3.8) is 0 Å². The van der Waals surface area contributed by atoms with Crippen LogP contribution >= 0.6 is 0 Å². The molecule has 0 spiro atoms. The fourth-order valence-corrected chi connectivity index (χ4v) is 5.10. The second-order valence-electron chi connectivity index (χ2n) is 9.27. The van der Waals surface area contributed by atoms with Gasteiger partial charge in [0.2, 0.25) is 5.91 Å². The highest BCUT2D eigenvalue weighted by Gasteiger charge is 2.49. The molecule has 3 nitrogen and oxygen atoms in total. The third kappa shape index (κ3) is 5.17. The highest BCUT2D eigenvalue weighted by molar-refractivity contribution is 5.80. The molecule has 10 heteroatoms. The van der Waals surface area contributed by atoms with Gasteiger partial charge in [-0.3, -0.25) is 4.79 Å². The lowest BCUT2D eigenvalue weighted by molar-refractivity contribution is -0.143. The van der Waals surface area contributed by atoms with Crippen molar-refractivity contribution in [1.29, 1.82) is 0 Å². The Hall–Kier alpha value is -2.62. The average molecular weight is 503 g/mol. The number of ether oxygens (including phenoxy) is 1. The molecule has 0 aromatic heterocycles. The Labute approximate surface area is 197 Å². The first-order valence-electron chi connectivity index (χ1n) is 11.3. The molecule has 2 heterocycles. The van der Waals surface area contributed by atoms with Crippen LogP contribution in [0.3, 0.4) is 0 Å². The maximum absolute atomic E-state index is 13.5. The Kier molecular flexibility index (Phi) is 6.63. The monoisotopic (exact) mass is 503 g/mol. The van der Waals surface area contributed by atoms with Gasteiger partial charge in [0, 0.05) is 24.4 Å². The van der Waals surface area contributed by atoms with E-state index in [0.29, 0.717) is 30.5 Å². The predicted molar refractivity (Wildman–Crippen MR) is 113 cm³/mol. The molecule has 3 unspecified atom stereocenters. The lowest BCUT2D eigenvalue weighted by Gasteiger charge is -2.35. The van der Waals surface area contributed by atoms with E-state index in [1.165, 1.54) is 19.1 Å². The van der Waals surface area contributed by atoms with Gasteiger partial charge in [-0.1, -0.05) is 19.1 Å². The van der Waals surface area contributed by atoms with Gasteiger partial charge >= 0.3 is 12.4 Å². The van der Waals surface area contributed by atoms with Crippen LogP contribution in [0.25, 0.3) is 0 Å². The molecule has 0 radical (unpaired) electrons. The fourth-order valence-electron chi connectivity index (χ4n) is 5.10. The van der Waals surface area contributed by atoms with E-state index in [4.69, 9.17) is 4.74 Å². The fraction of sp³-hybridized carbons (Fsp3) is 0.480. The van der Waals surface area contributed by atoms with Crippen LogP contribution in [0.15, 0.2) is 42.5 Å². The minimum atomic E-state index is -4.97. The number of carbonyl (C=O) groups excluding carboxylic acids is 1.